The van der Waals surface area contributed by atoms with Crippen molar-refractivity contribution < 1.29 is 14.3 Å². The second-order valence-electron chi connectivity index (χ2n) is 6.11. The standard InChI is InChI=1S/C20H23N3O3/c1-15(2)14-26-20(24)23-18-5-3-4-17(12-18)22-10-11-25-19-8-6-16(13-21)7-9-19/h3-9,12,15,22H,10-11,14H2,1-2H3,(H,23,24). The van der Waals surface area contributed by atoms with Crippen molar-refractivity contribution in [3.8, 4) is 11.8 Å². The van der Waals surface area contributed by atoms with Crippen LogP contribution in [0.3, 0.4) is 0 Å². The molecule has 0 aliphatic rings. The summed E-state index contributed by atoms with van der Waals surface area (Å²) in [5.41, 5.74) is 2.14. The summed E-state index contributed by atoms with van der Waals surface area (Å²) >= 11 is 0. The van der Waals surface area contributed by atoms with Crippen molar-refractivity contribution in [2.75, 3.05) is 30.4 Å². The van der Waals surface area contributed by atoms with Crippen LogP contribution in [0.1, 0.15) is 19.4 Å². The minimum Gasteiger partial charge on any atom is -0.492 e. The number of rotatable bonds is 8. The Balaban J connectivity index is 1.75. The average molecular weight is 353 g/mol. The van der Waals surface area contributed by atoms with Crippen molar-refractivity contribution in [3.05, 3.63) is 54.1 Å². The van der Waals surface area contributed by atoms with Crippen LogP contribution < -0.4 is 15.4 Å². The van der Waals surface area contributed by atoms with Crippen LogP contribution in [-0.2, 0) is 4.74 Å². The molecule has 0 aliphatic carbocycles. The number of nitriles is 1. The fourth-order valence-electron chi connectivity index (χ4n) is 2.09. The molecule has 0 aromatic heterocycles. The first kappa shape index (κ1) is 19.1. The Morgan fingerprint density at radius 3 is 2.58 bits per heavy atom. The summed E-state index contributed by atoms with van der Waals surface area (Å²) in [6, 6.07) is 16.4. The van der Waals surface area contributed by atoms with Gasteiger partial charge in [-0.25, -0.2) is 4.79 Å². The van der Waals surface area contributed by atoms with Crippen molar-refractivity contribution in [1.82, 2.24) is 0 Å². The lowest BCUT2D eigenvalue weighted by Gasteiger charge is -2.11. The van der Waals surface area contributed by atoms with Crippen LogP contribution in [0.25, 0.3) is 0 Å². The highest BCUT2D eigenvalue weighted by Gasteiger charge is 2.05. The molecule has 0 aliphatic heterocycles. The second-order valence-corrected chi connectivity index (χ2v) is 6.11. The van der Waals surface area contributed by atoms with E-state index in [1.165, 1.54) is 0 Å². The quantitative estimate of drug-likeness (QED) is 0.693. The predicted octanol–water partition coefficient (Wildman–Crippen LogP) is 4.25. The minimum atomic E-state index is -0.458. The van der Waals surface area contributed by atoms with E-state index in [-0.39, 0.29) is 0 Å². The Labute approximate surface area is 153 Å². The number of benzene rings is 2. The molecule has 0 spiro atoms. The van der Waals surface area contributed by atoms with Gasteiger partial charge in [0.25, 0.3) is 0 Å². The largest absolute Gasteiger partial charge is 0.492 e. The third-order valence-electron chi connectivity index (χ3n) is 3.34. The number of ether oxygens (including phenoxy) is 2. The first-order valence-electron chi connectivity index (χ1n) is 8.47. The van der Waals surface area contributed by atoms with E-state index in [0.717, 1.165) is 5.69 Å². The molecule has 0 heterocycles. The van der Waals surface area contributed by atoms with Crippen molar-refractivity contribution in [2.45, 2.75) is 13.8 Å². The van der Waals surface area contributed by atoms with Gasteiger partial charge in [0.05, 0.1) is 18.2 Å². The van der Waals surface area contributed by atoms with Gasteiger partial charge >= 0.3 is 6.09 Å². The van der Waals surface area contributed by atoms with Crippen LogP contribution >= 0.6 is 0 Å². The molecule has 0 unspecified atom stereocenters. The molecular weight excluding hydrogens is 330 g/mol. The van der Waals surface area contributed by atoms with E-state index in [4.69, 9.17) is 14.7 Å². The minimum absolute atomic E-state index is 0.296. The Kier molecular flexibility index (Phi) is 7.31. The summed E-state index contributed by atoms with van der Waals surface area (Å²) in [5, 5.41) is 14.7. The van der Waals surface area contributed by atoms with Crippen LogP contribution in [0.2, 0.25) is 0 Å². The van der Waals surface area contributed by atoms with Crippen molar-refractivity contribution in [2.24, 2.45) is 5.92 Å². The van der Waals surface area contributed by atoms with E-state index < -0.39 is 6.09 Å². The Morgan fingerprint density at radius 1 is 1.15 bits per heavy atom. The maximum atomic E-state index is 11.7. The molecule has 0 radical (unpaired) electrons. The molecule has 1 amide bonds. The summed E-state index contributed by atoms with van der Waals surface area (Å²) < 4.78 is 10.7. The maximum Gasteiger partial charge on any atom is 0.411 e. The summed E-state index contributed by atoms with van der Waals surface area (Å²) in [7, 11) is 0. The van der Waals surface area contributed by atoms with E-state index in [9.17, 15) is 4.79 Å². The fourth-order valence-corrected chi connectivity index (χ4v) is 2.09. The van der Waals surface area contributed by atoms with Crippen molar-refractivity contribution in [1.29, 1.82) is 5.26 Å². The third-order valence-corrected chi connectivity index (χ3v) is 3.34. The molecule has 26 heavy (non-hydrogen) atoms. The van der Waals surface area contributed by atoms with Gasteiger partial charge in [0.15, 0.2) is 0 Å². The molecule has 2 rings (SSSR count). The topological polar surface area (TPSA) is 83.4 Å². The molecule has 0 atom stereocenters. The molecule has 0 saturated carbocycles. The average Bonchev–Trinajstić information content (AvgIpc) is 2.64. The number of nitrogens with zero attached hydrogens (tertiary/aromatic N) is 1. The van der Waals surface area contributed by atoms with E-state index in [2.05, 4.69) is 16.7 Å². The highest BCUT2D eigenvalue weighted by Crippen LogP contribution is 2.16. The molecule has 2 aromatic rings. The number of hydrogen-bond acceptors (Lipinski definition) is 5. The van der Waals surface area contributed by atoms with Gasteiger partial charge in [0, 0.05) is 17.9 Å². The van der Waals surface area contributed by atoms with Gasteiger partial charge in [-0.3, -0.25) is 5.32 Å². The SMILES string of the molecule is CC(C)COC(=O)Nc1cccc(NCCOc2ccc(C#N)cc2)c1. The molecule has 136 valence electrons. The van der Waals surface area contributed by atoms with Crippen molar-refractivity contribution >= 4 is 17.5 Å². The Morgan fingerprint density at radius 2 is 1.88 bits per heavy atom. The van der Waals surface area contributed by atoms with E-state index in [1.54, 1.807) is 30.3 Å². The zero-order valence-electron chi connectivity index (χ0n) is 15.0. The third kappa shape index (κ3) is 6.73. The molecule has 2 aromatic carbocycles. The summed E-state index contributed by atoms with van der Waals surface area (Å²) in [4.78, 5) is 11.7. The highest BCUT2D eigenvalue weighted by atomic mass is 16.5. The number of nitrogens with one attached hydrogen (secondary N) is 2. The van der Waals surface area contributed by atoms with Crippen molar-refractivity contribution in [3.63, 3.8) is 0 Å². The van der Waals surface area contributed by atoms with Gasteiger partial charge in [0.1, 0.15) is 12.4 Å². The van der Waals surface area contributed by atoms with E-state index in [0.29, 0.717) is 42.7 Å². The zero-order valence-corrected chi connectivity index (χ0v) is 15.0. The van der Waals surface area contributed by atoms with Gasteiger partial charge in [0.2, 0.25) is 0 Å². The lowest BCUT2D eigenvalue weighted by molar-refractivity contribution is 0.147. The normalized spacial score (nSPS) is 10.1. The molecule has 0 saturated heterocycles. The molecule has 6 heteroatoms. The molecule has 0 bridgehead atoms. The van der Waals surface area contributed by atoms with E-state index in [1.807, 2.05) is 32.0 Å². The lowest BCUT2D eigenvalue weighted by Crippen LogP contribution is -2.17. The van der Waals surface area contributed by atoms with E-state index >= 15 is 0 Å². The smallest absolute Gasteiger partial charge is 0.411 e. The monoisotopic (exact) mass is 353 g/mol. The second kappa shape index (κ2) is 9.94. The summed E-state index contributed by atoms with van der Waals surface area (Å²) in [5.74, 6) is 1.01. The fraction of sp³-hybridized carbons (Fsp3) is 0.300. The zero-order chi connectivity index (χ0) is 18.8. The van der Waals surface area contributed by atoms with Gasteiger partial charge in [-0.15, -0.1) is 0 Å². The van der Waals surface area contributed by atoms with Crippen LogP contribution in [-0.4, -0.2) is 25.9 Å². The van der Waals surface area contributed by atoms with Crippen LogP contribution in [0, 0.1) is 17.2 Å². The molecule has 0 fully saturated rings. The number of anilines is 2. The Hall–Kier alpha value is -3.20. The first-order chi connectivity index (χ1) is 12.6. The first-order valence-corrected chi connectivity index (χ1v) is 8.47. The van der Waals surface area contributed by atoms with Crippen LogP contribution in [0.5, 0.6) is 5.75 Å². The van der Waals surface area contributed by atoms with Gasteiger partial charge < -0.3 is 14.8 Å². The number of carbonyl (C=O) groups is 1. The van der Waals surface area contributed by atoms with Gasteiger partial charge in [-0.2, -0.15) is 5.26 Å². The molecule has 6 nitrogen and oxygen atoms in total. The lowest BCUT2D eigenvalue weighted by atomic mass is 10.2. The highest BCUT2D eigenvalue weighted by molar-refractivity contribution is 5.85. The maximum absolute atomic E-state index is 11.7. The molecule has 2 N–H and O–H groups in total. The number of amides is 1. The summed E-state index contributed by atoms with van der Waals surface area (Å²) in [6.07, 6.45) is -0.458. The van der Waals surface area contributed by atoms with Gasteiger partial charge in [-0.1, -0.05) is 19.9 Å². The number of hydrogen-bond donors (Lipinski definition) is 2. The Bertz CT molecular complexity index is 752. The summed E-state index contributed by atoms with van der Waals surface area (Å²) in [6.45, 7) is 5.42. The number of carbonyl (C=O) groups excluding carboxylic acids is 1. The van der Waals surface area contributed by atoms with Crippen LogP contribution in [0.15, 0.2) is 48.5 Å². The van der Waals surface area contributed by atoms with Crippen LogP contribution in [0.4, 0.5) is 16.2 Å². The molecular formula is C20H23N3O3. The predicted molar refractivity (Wildman–Crippen MR) is 101 cm³/mol. The van der Waals surface area contributed by atoms with Gasteiger partial charge in [-0.05, 0) is 48.4 Å².